The van der Waals surface area contributed by atoms with E-state index in [0.717, 1.165) is 12.8 Å². The van der Waals surface area contributed by atoms with E-state index in [2.05, 4.69) is 9.71 Å². The fourth-order valence-corrected chi connectivity index (χ4v) is 3.83. The third-order valence-corrected chi connectivity index (χ3v) is 5.48. The van der Waals surface area contributed by atoms with Gasteiger partial charge >= 0.3 is 5.97 Å². The molecule has 140 valence electrons. The predicted octanol–water partition coefficient (Wildman–Crippen LogP) is 3.13. The lowest BCUT2D eigenvalue weighted by atomic mass is 10.2. The average molecular weight is 377 g/mol. The molecule has 1 aromatic heterocycles. The number of aromatic carboxylic acids is 1. The lowest BCUT2D eigenvalue weighted by molar-refractivity contribution is 0.0697. The molecule has 0 spiro atoms. The number of nitrogens with one attached hydrogen (secondary N) is 1. The van der Waals surface area contributed by atoms with Crippen LogP contribution in [0.1, 0.15) is 35.7 Å². The molecule has 0 unspecified atom stereocenters. The number of rotatable bonds is 8. The first-order chi connectivity index (χ1) is 12.3. The highest BCUT2D eigenvalue weighted by Gasteiger charge is 2.20. The molecule has 7 nitrogen and oxygen atoms in total. The maximum Gasteiger partial charge on any atom is 0.339 e. The van der Waals surface area contributed by atoms with Gasteiger partial charge in [-0.1, -0.05) is 31.5 Å². The van der Waals surface area contributed by atoms with Crippen LogP contribution in [0, 0.1) is 6.92 Å². The van der Waals surface area contributed by atoms with E-state index in [4.69, 9.17) is 0 Å². The van der Waals surface area contributed by atoms with Gasteiger partial charge in [0.15, 0.2) is 0 Å². The second-order valence-corrected chi connectivity index (χ2v) is 7.70. The van der Waals surface area contributed by atoms with E-state index >= 15 is 0 Å². The van der Waals surface area contributed by atoms with E-state index in [9.17, 15) is 18.3 Å². The molecule has 2 rings (SSSR count). The Labute approximate surface area is 153 Å². The Morgan fingerprint density at radius 3 is 2.62 bits per heavy atom. The van der Waals surface area contributed by atoms with Crippen LogP contribution >= 0.6 is 0 Å². The molecule has 0 radical (unpaired) electrons. The lowest BCUT2D eigenvalue weighted by Crippen LogP contribution is -2.23. The number of carboxylic acids is 1. The summed E-state index contributed by atoms with van der Waals surface area (Å²) in [4.78, 5) is 17.7. The molecular weight excluding hydrogens is 354 g/mol. The van der Waals surface area contributed by atoms with E-state index in [1.165, 1.54) is 18.3 Å². The minimum Gasteiger partial charge on any atom is -0.478 e. The normalized spacial score (nSPS) is 11.2. The molecule has 1 aromatic carbocycles. The van der Waals surface area contributed by atoms with Crippen molar-refractivity contribution in [2.45, 2.75) is 31.6 Å². The van der Waals surface area contributed by atoms with Gasteiger partial charge in [-0.2, -0.15) is 0 Å². The standard InChI is InChI=1S/C18H23N3O4S/c1-4-5-10-21(3)17-15(18(22)23)11-14(12-19-17)20-26(24,25)16-9-7-6-8-13(16)2/h6-9,11-12,20H,4-5,10H2,1-3H3,(H,22,23). The molecule has 2 aromatic rings. The van der Waals surface area contributed by atoms with Gasteiger partial charge in [0.2, 0.25) is 0 Å². The van der Waals surface area contributed by atoms with Crippen LogP contribution in [0.4, 0.5) is 11.5 Å². The Bertz CT molecular complexity index is 897. The van der Waals surface area contributed by atoms with Crippen LogP contribution in [0.25, 0.3) is 0 Å². The van der Waals surface area contributed by atoms with Crippen LogP contribution in [0.2, 0.25) is 0 Å². The minimum atomic E-state index is -3.83. The number of benzene rings is 1. The van der Waals surface area contributed by atoms with Gasteiger partial charge in [0.1, 0.15) is 11.4 Å². The summed E-state index contributed by atoms with van der Waals surface area (Å²) in [5.74, 6) is -0.849. The minimum absolute atomic E-state index is 0.0476. The van der Waals surface area contributed by atoms with Crippen LogP contribution in [-0.4, -0.2) is 38.1 Å². The smallest absolute Gasteiger partial charge is 0.339 e. The van der Waals surface area contributed by atoms with E-state index in [1.807, 2.05) is 6.92 Å². The summed E-state index contributed by atoms with van der Waals surface area (Å²) in [6.45, 7) is 4.40. The van der Waals surface area contributed by atoms with Crippen LogP contribution in [0.15, 0.2) is 41.4 Å². The van der Waals surface area contributed by atoms with E-state index in [0.29, 0.717) is 17.9 Å². The molecule has 0 aliphatic rings. The molecule has 0 saturated heterocycles. The molecular formula is C18H23N3O4S. The number of aryl methyl sites for hydroxylation is 1. The highest BCUT2D eigenvalue weighted by Crippen LogP contribution is 2.24. The van der Waals surface area contributed by atoms with Crippen molar-refractivity contribution in [1.82, 2.24) is 4.98 Å². The number of hydrogen-bond acceptors (Lipinski definition) is 5. The fourth-order valence-electron chi connectivity index (χ4n) is 2.54. The number of hydrogen-bond donors (Lipinski definition) is 2. The van der Waals surface area contributed by atoms with Gasteiger partial charge < -0.3 is 10.0 Å². The first-order valence-corrected chi connectivity index (χ1v) is 9.77. The molecule has 0 atom stereocenters. The highest BCUT2D eigenvalue weighted by molar-refractivity contribution is 7.92. The van der Waals surface area contributed by atoms with Gasteiger partial charge in [-0.05, 0) is 31.0 Å². The molecule has 2 N–H and O–H groups in total. The zero-order valence-corrected chi connectivity index (χ0v) is 15.9. The third kappa shape index (κ3) is 4.51. The number of unbranched alkanes of at least 4 members (excludes halogenated alkanes) is 1. The maximum atomic E-state index is 12.6. The molecule has 26 heavy (non-hydrogen) atoms. The van der Waals surface area contributed by atoms with Crippen LogP contribution in [-0.2, 0) is 10.0 Å². The summed E-state index contributed by atoms with van der Waals surface area (Å²) >= 11 is 0. The zero-order chi connectivity index (χ0) is 19.3. The van der Waals surface area contributed by atoms with Gasteiger partial charge in [0.05, 0.1) is 16.8 Å². The number of carboxylic acid groups (broad SMARTS) is 1. The fraction of sp³-hybridized carbons (Fsp3) is 0.333. The Morgan fingerprint density at radius 2 is 2.00 bits per heavy atom. The molecule has 0 saturated carbocycles. The number of anilines is 2. The Balaban J connectivity index is 2.35. The van der Waals surface area contributed by atoms with Crippen molar-refractivity contribution in [2.75, 3.05) is 23.2 Å². The Morgan fingerprint density at radius 1 is 1.31 bits per heavy atom. The van der Waals surface area contributed by atoms with E-state index in [-0.39, 0.29) is 16.1 Å². The maximum absolute atomic E-state index is 12.6. The second-order valence-electron chi connectivity index (χ2n) is 6.05. The van der Waals surface area contributed by atoms with Gasteiger partial charge in [0, 0.05) is 13.6 Å². The number of carbonyl (C=O) groups is 1. The first kappa shape index (κ1) is 19.7. The largest absolute Gasteiger partial charge is 0.478 e. The summed E-state index contributed by atoms with van der Waals surface area (Å²) in [6.07, 6.45) is 3.21. The summed E-state index contributed by atoms with van der Waals surface area (Å²) in [5.41, 5.74) is 0.661. The number of sulfonamides is 1. The van der Waals surface area contributed by atoms with Crippen LogP contribution < -0.4 is 9.62 Å². The van der Waals surface area contributed by atoms with Crippen molar-refractivity contribution in [3.63, 3.8) is 0 Å². The lowest BCUT2D eigenvalue weighted by Gasteiger charge is -2.20. The van der Waals surface area contributed by atoms with Crippen molar-refractivity contribution >= 4 is 27.5 Å². The molecule has 0 fully saturated rings. The van der Waals surface area contributed by atoms with Crippen molar-refractivity contribution in [1.29, 1.82) is 0 Å². The van der Waals surface area contributed by atoms with E-state index in [1.54, 1.807) is 37.1 Å². The molecule has 0 aliphatic carbocycles. The van der Waals surface area contributed by atoms with Crippen molar-refractivity contribution in [2.24, 2.45) is 0 Å². The molecule has 1 heterocycles. The SMILES string of the molecule is CCCCN(C)c1ncc(NS(=O)(=O)c2ccccc2C)cc1C(=O)O. The van der Waals surface area contributed by atoms with Crippen molar-refractivity contribution < 1.29 is 18.3 Å². The van der Waals surface area contributed by atoms with Crippen molar-refractivity contribution in [3.8, 4) is 0 Å². The summed E-state index contributed by atoms with van der Waals surface area (Å²) < 4.78 is 27.5. The molecule has 0 amide bonds. The zero-order valence-electron chi connectivity index (χ0n) is 15.1. The summed E-state index contributed by atoms with van der Waals surface area (Å²) in [5, 5.41) is 9.48. The number of pyridine rings is 1. The average Bonchev–Trinajstić information content (AvgIpc) is 2.59. The van der Waals surface area contributed by atoms with Crippen LogP contribution in [0.5, 0.6) is 0 Å². The third-order valence-electron chi connectivity index (χ3n) is 3.94. The van der Waals surface area contributed by atoms with Gasteiger partial charge in [0.25, 0.3) is 10.0 Å². The van der Waals surface area contributed by atoms with E-state index < -0.39 is 16.0 Å². The van der Waals surface area contributed by atoms with Gasteiger partial charge in [-0.25, -0.2) is 18.2 Å². The number of aromatic nitrogens is 1. The summed E-state index contributed by atoms with van der Waals surface area (Å²) in [6, 6.07) is 7.87. The van der Waals surface area contributed by atoms with Crippen LogP contribution in [0.3, 0.4) is 0 Å². The predicted molar refractivity (Wildman–Crippen MR) is 101 cm³/mol. The van der Waals surface area contributed by atoms with Gasteiger partial charge in [-0.3, -0.25) is 4.72 Å². The molecule has 0 aliphatic heterocycles. The number of nitrogens with zero attached hydrogens (tertiary/aromatic N) is 2. The Hall–Kier alpha value is -2.61. The quantitative estimate of drug-likeness (QED) is 0.733. The molecule has 8 heteroatoms. The van der Waals surface area contributed by atoms with Crippen molar-refractivity contribution in [3.05, 3.63) is 47.7 Å². The second kappa shape index (κ2) is 8.18. The highest BCUT2D eigenvalue weighted by atomic mass is 32.2. The monoisotopic (exact) mass is 377 g/mol. The summed E-state index contributed by atoms with van der Waals surface area (Å²) in [7, 11) is -2.06. The Kier molecular flexibility index (Phi) is 6.20. The van der Waals surface area contributed by atoms with Gasteiger partial charge in [-0.15, -0.1) is 0 Å². The molecule has 0 bridgehead atoms. The topological polar surface area (TPSA) is 99.6 Å². The first-order valence-electron chi connectivity index (χ1n) is 8.29.